The second-order valence-electron chi connectivity index (χ2n) is 4.74. The molecule has 0 bridgehead atoms. The van der Waals surface area contributed by atoms with Crippen LogP contribution in [0.5, 0.6) is 0 Å². The minimum Gasteiger partial charge on any atom is -0.310 e. The van der Waals surface area contributed by atoms with Crippen molar-refractivity contribution in [3.8, 4) is 0 Å². The minimum atomic E-state index is 0.381. The van der Waals surface area contributed by atoms with E-state index >= 15 is 0 Å². The summed E-state index contributed by atoms with van der Waals surface area (Å²) < 4.78 is 0. The van der Waals surface area contributed by atoms with Crippen molar-refractivity contribution < 1.29 is 0 Å². The Hall–Kier alpha value is -0.380. The predicted octanol–water partition coefficient (Wildman–Crippen LogP) is 2.76. The van der Waals surface area contributed by atoms with Crippen LogP contribution in [0.15, 0.2) is 17.5 Å². The molecular formula is C13H22N2S. The summed E-state index contributed by atoms with van der Waals surface area (Å²) in [7, 11) is 0. The van der Waals surface area contributed by atoms with Gasteiger partial charge in [0.2, 0.25) is 0 Å². The Balaban J connectivity index is 1.78. The van der Waals surface area contributed by atoms with Gasteiger partial charge >= 0.3 is 0 Å². The van der Waals surface area contributed by atoms with Crippen LogP contribution in [0.2, 0.25) is 0 Å². The van der Waals surface area contributed by atoms with E-state index in [1.165, 1.54) is 37.1 Å². The second kappa shape index (κ2) is 5.80. The molecule has 1 saturated heterocycles. The maximum Gasteiger partial charge on any atom is 0.0306 e. The van der Waals surface area contributed by atoms with E-state index in [9.17, 15) is 0 Å². The van der Waals surface area contributed by atoms with Crippen LogP contribution in [-0.2, 0) is 6.54 Å². The second-order valence-corrected chi connectivity index (χ2v) is 5.78. The number of thiophene rings is 1. The average molecular weight is 238 g/mol. The van der Waals surface area contributed by atoms with Crippen LogP contribution in [0.25, 0.3) is 0 Å². The zero-order valence-corrected chi connectivity index (χ0v) is 10.9. The van der Waals surface area contributed by atoms with Crippen LogP contribution in [-0.4, -0.2) is 18.6 Å². The maximum absolute atomic E-state index is 3.69. The molecule has 2 heterocycles. The monoisotopic (exact) mass is 238 g/mol. The Morgan fingerprint density at radius 2 is 2.50 bits per heavy atom. The molecule has 2 nitrogen and oxygen atoms in total. The SMILES string of the molecule is CCCC1(CNCc2cccs2)CCCN1. The molecular weight excluding hydrogens is 216 g/mol. The lowest BCUT2D eigenvalue weighted by atomic mass is 9.92. The van der Waals surface area contributed by atoms with Crippen molar-refractivity contribution in [2.45, 2.75) is 44.7 Å². The zero-order chi connectivity index (χ0) is 11.3. The molecule has 0 amide bonds. The average Bonchev–Trinajstić information content (AvgIpc) is 2.90. The van der Waals surface area contributed by atoms with Gasteiger partial charge in [-0.05, 0) is 37.3 Å². The molecule has 0 aromatic carbocycles. The number of rotatable bonds is 6. The van der Waals surface area contributed by atoms with Crippen LogP contribution in [0.3, 0.4) is 0 Å². The van der Waals surface area contributed by atoms with Crippen LogP contribution >= 0.6 is 11.3 Å². The van der Waals surface area contributed by atoms with E-state index in [1.807, 2.05) is 11.3 Å². The van der Waals surface area contributed by atoms with Gasteiger partial charge in [-0.15, -0.1) is 11.3 Å². The van der Waals surface area contributed by atoms with E-state index in [-0.39, 0.29) is 0 Å². The first-order valence-corrected chi connectivity index (χ1v) is 7.21. The summed E-state index contributed by atoms with van der Waals surface area (Å²) >= 11 is 1.83. The summed E-state index contributed by atoms with van der Waals surface area (Å²) in [5, 5.41) is 9.44. The Labute approximate surface area is 102 Å². The lowest BCUT2D eigenvalue weighted by Crippen LogP contribution is -2.48. The standard InChI is InChI=1S/C13H22N2S/c1-2-6-13(7-4-8-15-13)11-14-10-12-5-3-9-16-12/h3,5,9,14-15H,2,4,6-8,10-11H2,1H3. The van der Waals surface area contributed by atoms with Crippen molar-refractivity contribution in [3.63, 3.8) is 0 Å². The third-order valence-electron chi connectivity index (χ3n) is 3.40. The fourth-order valence-electron chi connectivity index (χ4n) is 2.64. The smallest absolute Gasteiger partial charge is 0.0306 e. The lowest BCUT2D eigenvalue weighted by Gasteiger charge is -2.29. The molecule has 1 atom stereocenters. The van der Waals surface area contributed by atoms with Crippen molar-refractivity contribution in [2.24, 2.45) is 0 Å². The fraction of sp³-hybridized carbons (Fsp3) is 0.692. The summed E-state index contributed by atoms with van der Waals surface area (Å²) in [6, 6.07) is 4.32. The maximum atomic E-state index is 3.69. The molecule has 2 rings (SSSR count). The largest absolute Gasteiger partial charge is 0.310 e. The number of hydrogen-bond donors (Lipinski definition) is 2. The summed E-state index contributed by atoms with van der Waals surface area (Å²) in [6.45, 7) is 5.60. The molecule has 1 aliphatic rings. The summed E-state index contributed by atoms with van der Waals surface area (Å²) in [6.07, 6.45) is 5.23. The van der Waals surface area contributed by atoms with Crippen molar-refractivity contribution in [3.05, 3.63) is 22.4 Å². The summed E-state index contributed by atoms with van der Waals surface area (Å²) in [4.78, 5) is 1.43. The first-order chi connectivity index (χ1) is 7.85. The summed E-state index contributed by atoms with van der Waals surface area (Å²) in [5.74, 6) is 0. The zero-order valence-electron chi connectivity index (χ0n) is 10.1. The van der Waals surface area contributed by atoms with E-state index in [1.54, 1.807) is 0 Å². The summed E-state index contributed by atoms with van der Waals surface area (Å²) in [5.41, 5.74) is 0.381. The molecule has 1 aromatic heterocycles. The topological polar surface area (TPSA) is 24.1 Å². The number of hydrogen-bond acceptors (Lipinski definition) is 3. The van der Waals surface area contributed by atoms with Gasteiger partial charge in [0.05, 0.1) is 0 Å². The molecule has 1 aliphatic heterocycles. The van der Waals surface area contributed by atoms with Gasteiger partial charge in [-0.1, -0.05) is 19.4 Å². The molecule has 0 aliphatic carbocycles. The molecule has 1 unspecified atom stereocenters. The molecule has 1 fully saturated rings. The molecule has 0 saturated carbocycles. The van der Waals surface area contributed by atoms with Crippen molar-refractivity contribution >= 4 is 11.3 Å². The Morgan fingerprint density at radius 1 is 1.56 bits per heavy atom. The third kappa shape index (κ3) is 3.06. The van der Waals surface area contributed by atoms with Crippen molar-refractivity contribution in [1.29, 1.82) is 0 Å². The Kier molecular flexibility index (Phi) is 4.38. The van der Waals surface area contributed by atoms with Gasteiger partial charge in [-0.3, -0.25) is 0 Å². The van der Waals surface area contributed by atoms with Gasteiger partial charge in [0.25, 0.3) is 0 Å². The van der Waals surface area contributed by atoms with Crippen molar-refractivity contribution in [1.82, 2.24) is 10.6 Å². The molecule has 3 heteroatoms. The van der Waals surface area contributed by atoms with Crippen LogP contribution in [0.1, 0.15) is 37.5 Å². The van der Waals surface area contributed by atoms with Gasteiger partial charge in [-0.25, -0.2) is 0 Å². The van der Waals surface area contributed by atoms with E-state index < -0.39 is 0 Å². The van der Waals surface area contributed by atoms with E-state index in [0.29, 0.717) is 5.54 Å². The molecule has 0 radical (unpaired) electrons. The van der Waals surface area contributed by atoms with Crippen molar-refractivity contribution in [2.75, 3.05) is 13.1 Å². The molecule has 16 heavy (non-hydrogen) atoms. The van der Waals surface area contributed by atoms with Crippen LogP contribution < -0.4 is 10.6 Å². The Morgan fingerprint density at radius 3 is 3.12 bits per heavy atom. The van der Waals surface area contributed by atoms with E-state index in [2.05, 4.69) is 35.1 Å². The van der Waals surface area contributed by atoms with Gasteiger partial charge in [-0.2, -0.15) is 0 Å². The highest BCUT2D eigenvalue weighted by Crippen LogP contribution is 2.24. The normalized spacial score (nSPS) is 25.1. The van der Waals surface area contributed by atoms with E-state index in [0.717, 1.165) is 13.1 Å². The first-order valence-electron chi connectivity index (χ1n) is 6.33. The Bertz CT molecular complexity index is 289. The highest BCUT2D eigenvalue weighted by Gasteiger charge is 2.31. The number of nitrogens with one attached hydrogen (secondary N) is 2. The van der Waals surface area contributed by atoms with Gasteiger partial charge < -0.3 is 10.6 Å². The van der Waals surface area contributed by atoms with E-state index in [4.69, 9.17) is 0 Å². The van der Waals surface area contributed by atoms with Gasteiger partial charge in [0, 0.05) is 23.5 Å². The highest BCUT2D eigenvalue weighted by atomic mass is 32.1. The fourth-order valence-corrected chi connectivity index (χ4v) is 3.31. The molecule has 2 N–H and O–H groups in total. The highest BCUT2D eigenvalue weighted by molar-refractivity contribution is 7.09. The third-order valence-corrected chi connectivity index (χ3v) is 4.28. The molecule has 90 valence electrons. The van der Waals surface area contributed by atoms with Crippen LogP contribution in [0.4, 0.5) is 0 Å². The lowest BCUT2D eigenvalue weighted by molar-refractivity contribution is 0.325. The molecule has 1 aromatic rings. The van der Waals surface area contributed by atoms with Gasteiger partial charge in [0.1, 0.15) is 0 Å². The predicted molar refractivity (Wildman–Crippen MR) is 70.9 cm³/mol. The van der Waals surface area contributed by atoms with Gasteiger partial charge in [0.15, 0.2) is 0 Å². The quantitative estimate of drug-likeness (QED) is 0.796. The van der Waals surface area contributed by atoms with Crippen LogP contribution in [0, 0.1) is 0 Å². The minimum absolute atomic E-state index is 0.381. The molecule has 0 spiro atoms. The first kappa shape index (κ1) is 12.1.